The average Bonchev–Trinajstić information content (AvgIpc) is 3.05. The summed E-state index contributed by atoms with van der Waals surface area (Å²) in [6, 6.07) is 22.3. The zero-order chi connectivity index (χ0) is 32.0. The van der Waals surface area contributed by atoms with E-state index in [0.29, 0.717) is 39.4 Å². The molecule has 1 atom stereocenters. The van der Waals surface area contributed by atoms with Crippen LogP contribution in [0.1, 0.15) is 12.6 Å². The van der Waals surface area contributed by atoms with Crippen LogP contribution in [0.3, 0.4) is 0 Å². The number of aromatic nitrogens is 5. The number of benzene rings is 3. The Labute approximate surface area is 264 Å². The van der Waals surface area contributed by atoms with E-state index in [-0.39, 0.29) is 16.8 Å². The quantitative estimate of drug-likeness (QED) is 0.181. The summed E-state index contributed by atoms with van der Waals surface area (Å²) >= 11 is 1.15. The highest BCUT2D eigenvalue weighted by Gasteiger charge is 2.21. The highest BCUT2D eigenvalue weighted by Crippen LogP contribution is 2.32. The molecule has 2 heterocycles. The number of anilines is 2. The number of carbonyl (C=O) groups is 1. The van der Waals surface area contributed by atoms with Gasteiger partial charge in [-0.15, -0.1) is 10.2 Å². The van der Waals surface area contributed by atoms with Crippen molar-refractivity contribution in [1.29, 1.82) is 0 Å². The molecule has 3 aromatic carbocycles. The van der Waals surface area contributed by atoms with E-state index in [1.807, 2.05) is 48.5 Å². The van der Waals surface area contributed by atoms with Crippen LogP contribution in [0.5, 0.6) is 11.5 Å². The molecule has 1 amide bonds. The molecule has 0 aliphatic rings. The molecule has 0 radical (unpaired) electrons. The van der Waals surface area contributed by atoms with Crippen molar-refractivity contribution < 1.29 is 22.7 Å². The minimum atomic E-state index is -3.92. The first kappa shape index (κ1) is 31.3. The van der Waals surface area contributed by atoms with E-state index in [1.54, 1.807) is 34.1 Å². The molecule has 2 N–H and O–H groups in total. The summed E-state index contributed by atoms with van der Waals surface area (Å²) < 4.78 is 38.4. The summed E-state index contributed by atoms with van der Waals surface area (Å²) in [5.74, 6) is 1.06. The van der Waals surface area contributed by atoms with E-state index in [0.717, 1.165) is 22.9 Å². The molecule has 5 rings (SSSR count). The second-order valence-corrected chi connectivity index (χ2v) is 12.6. The number of ether oxygens (including phenoxy) is 2. The number of nitrogens with one attached hydrogen (secondary N) is 2. The lowest BCUT2D eigenvalue weighted by Crippen LogP contribution is -2.23. The first-order valence-corrected chi connectivity index (χ1v) is 15.9. The molecule has 14 heteroatoms. The molecule has 1 unspecified atom stereocenters. The normalized spacial score (nSPS) is 11.8. The maximum Gasteiger partial charge on any atom is 0.264 e. The number of thioether (sulfide) groups is 1. The van der Waals surface area contributed by atoms with Gasteiger partial charge in [0.15, 0.2) is 0 Å². The van der Waals surface area contributed by atoms with Gasteiger partial charge in [0.1, 0.15) is 22.9 Å². The zero-order valence-corrected chi connectivity index (χ0v) is 26.4. The van der Waals surface area contributed by atoms with Gasteiger partial charge < -0.3 is 14.8 Å². The third-order valence-corrected chi connectivity index (χ3v) is 8.79. The SMILES string of the molecule is COc1ccc(-c2nnc(SC(C)C(=O)Nc3ccc(S(=O)(=O)Nc4nccc(C)n4)cc3)nc2-c2ccc(OC)cc2)cc1. The number of hydrogen-bond acceptors (Lipinski definition) is 11. The van der Waals surface area contributed by atoms with Crippen LogP contribution in [0.15, 0.2) is 95.1 Å². The van der Waals surface area contributed by atoms with E-state index in [2.05, 4.69) is 30.2 Å². The molecular formula is C31H29N7O5S2. The van der Waals surface area contributed by atoms with Crippen LogP contribution >= 0.6 is 11.8 Å². The van der Waals surface area contributed by atoms with Crippen LogP contribution in [0, 0.1) is 6.92 Å². The maximum absolute atomic E-state index is 13.1. The molecule has 0 fully saturated rings. The van der Waals surface area contributed by atoms with Gasteiger partial charge in [0.2, 0.25) is 17.0 Å². The Morgan fingerprint density at radius 3 is 1.98 bits per heavy atom. The fraction of sp³-hybridized carbons (Fsp3) is 0.161. The third-order valence-electron chi connectivity index (χ3n) is 6.50. The number of aryl methyl sites for hydroxylation is 1. The number of amides is 1. The van der Waals surface area contributed by atoms with Crippen LogP contribution in [0.25, 0.3) is 22.5 Å². The smallest absolute Gasteiger partial charge is 0.264 e. The van der Waals surface area contributed by atoms with Crippen LogP contribution in [-0.4, -0.2) is 58.9 Å². The van der Waals surface area contributed by atoms with Gasteiger partial charge in [-0.05, 0) is 92.7 Å². The number of methoxy groups -OCH3 is 2. The van der Waals surface area contributed by atoms with E-state index >= 15 is 0 Å². The maximum atomic E-state index is 13.1. The standard InChI is InChI=1S/C31H29N7O5S2/c1-19-17-18-32-30(33-19)38-45(40,41)26-15-9-23(10-16-26)34-29(39)20(2)44-31-35-27(21-5-11-24(42-3)12-6-21)28(36-37-31)22-7-13-25(43-4)14-8-22/h5-18,20H,1-4H3,(H,34,39)(H,32,33,38). The number of rotatable bonds is 11. The number of sulfonamides is 1. The van der Waals surface area contributed by atoms with Crippen LogP contribution in [-0.2, 0) is 14.8 Å². The number of nitrogens with zero attached hydrogens (tertiary/aromatic N) is 5. The highest BCUT2D eigenvalue weighted by atomic mass is 32.2. The summed E-state index contributed by atoms with van der Waals surface area (Å²) in [7, 11) is -0.721. The first-order chi connectivity index (χ1) is 21.6. The molecule has 0 aliphatic heterocycles. The Bertz CT molecular complexity index is 1910. The molecule has 0 saturated heterocycles. The fourth-order valence-corrected chi connectivity index (χ4v) is 5.77. The van der Waals surface area contributed by atoms with E-state index in [4.69, 9.17) is 14.5 Å². The molecule has 230 valence electrons. The molecule has 5 aromatic rings. The first-order valence-electron chi connectivity index (χ1n) is 13.6. The van der Waals surface area contributed by atoms with Gasteiger partial charge in [-0.2, -0.15) is 0 Å². The Morgan fingerprint density at radius 2 is 1.40 bits per heavy atom. The summed E-state index contributed by atoms with van der Waals surface area (Å²) in [4.78, 5) is 25.8. The van der Waals surface area contributed by atoms with Gasteiger partial charge in [-0.1, -0.05) is 11.8 Å². The lowest BCUT2D eigenvalue weighted by molar-refractivity contribution is -0.115. The summed E-state index contributed by atoms with van der Waals surface area (Å²) in [6.45, 7) is 3.45. The van der Waals surface area contributed by atoms with Crippen molar-refractivity contribution in [3.05, 3.63) is 90.8 Å². The molecule has 12 nitrogen and oxygen atoms in total. The highest BCUT2D eigenvalue weighted by molar-refractivity contribution is 8.00. The van der Waals surface area contributed by atoms with Crippen LogP contribution < -0.4 is 19.5 Å². The van der Waals surface area contributed by atoms with Crippen molar-refractivity contribution >= 4 is 39.3 Å². The Balaban J connectivity index is 1.31. The molecule has 0 bridgehead atoms. The molecule has 0 saturated carbocycles. The molecule has 45 heavy (non-hydrogen) atoms. The molecular weight excluding hydrogens is 615 g/mol. The Morgan fingerprint density at radius 1 is 0.800 bits per heavy atom. The zero-order valence-electron chi connectivity index (χ0n) is 24.8. The third kappa shape index (κ3) is 7.72. The average molecular weight is 644 g/mol. The van der Waals surface area contributed by atoms with Crippen molar-refractivity contribution in [1.82, 2.24) is 25.1 Å². The van der Waals surface area contributed by atoms with E-state index in [1.165, 1.54) is 30.5 Å². The summed E-state index contributed by atoms with van der Waals surface area (Å²) in [6.07, 6.45) is 1.47. The topological polar surface area (TPSA) is 158 Å². The minimum Gasteiger partial charge on any atom is -0.497 e. The lowest BCUT2D eigenvalue weighted by Gasteiger charge is -2.14. The van der Waals surface area contributed by atoms with E-state index < -0.39 is 15.3 Å². The molecule has 0 spiro atoms. The van der Waals surface area contributed by atoms with Crippen molar-refractivity contribution in [2.24, 2.45) is 0 Å². The van der Waals surface area contributed by atoms with Gasteiger partial charge in [-0.3, -0.25) is 4.79 Å². The number of hydrogen-bond donors (Lipinski definition) is 2. The minimum absolute atomic E-state index is 0.00415. The van der Waals surface area contributed by atoms with Gasteiger partial charge >= 0.3 is 0 Å². The predicted molar refractivity (Wildman–Crippen MR) is 172 cm³/mol. The second-order valence-electron chi connectivity index (χ2n) is 9.65. The summed E-state index contributed by atoms with van der Waals surface area (Å²) in [5.41, 5.74) is 3.81. The van der Waals surface area contributed by atoms with E-state index in [9.17, 15) is 13.2 Å². The van der Waals surface area contributed by atoms with Crippen molar-refractivity contribution in [3.8, 4) is 34.0 Å². The van der Waals surface area contributed by atoms with Gasteiger partial charge in [-0.25, -0.2) is 28.1 Å². The van der Waals surface area contributed by atoms with Gasteiger partial charge in [0.05, 0.1) is 24.4 Å². The second kappa shape index (κ2) is 13.7. The van der Waals surface area contributed by atoms with Gasteiger partial charge in [0.25, 0.3) is 10.0 Å². The summed E-state index contributed by atoms with van der Waals surface area (Å²) in [5, 5.41) is 11.3. The Hall–Kier alpha value is -5.08. The Kier molecular flexibility index (Phi) is 9.54. The molecule has 2 aromatic heterocycles. The molecule has 0 aliphatic carbocycles. The lowest BCUT2D eigenvalue weighted by atomic mass is 10.0. The predicted octanol–water partition coefficient (Wildman–Crippen LogP) is 5.24. The monoisotopic (exact) mass is 643 g/mol. The van der Waals surface area contributed by atoms with Crippen LogP contribution in [0.4, 0.5) is 11.6 Å². The van der Waals surface area contributed by atoms with Gasteiger partial charge in [0, 0.05) is 28.7 Å². The van der Waals surface area contributed by atoms with Crippen molar-refractivity contribution in [2.75, 3.05) is 24.3 Å². The number of carbonyl (C=O) groups excluding carboxylic acids is 1. The van der Waals surface area contributed by atoms with Crippen LogP contribution in [0.2, 0.25) is 0 Å². The van der Waals surface area contributed by atoms with Crippen molar-refractivity contribution in [2.45, 2.75) is 29.1 Å². The van der Waals surface area contributed by atoms with Crippen molar-refractivity contribution in [3.63, 3.8) is 0 Å². The fourth-order valence-electron chi connectivity index (χ4n) is 4.10. The largest absolute Gasteiger partial charge is 0.497 e.